The molecule has 1 aromatic carbocycles. The van der Waals surface area contributed by atoms with E-state index in [4.69, 9.17) is 42.9 Å². The summed E-state index contributed by atoms with van der Waals surface area (Å²) < 4.78 is 18.0. The quantitative estimate of drug-likeness (QED) is 0.383. The number of nitrogens with one attached hydrogen (secondary N) is 1. The van der Waals surface area contributed by atoms with Gasteiger partial charge in [-0.25, -0.2) is 4.98 Å². The number of anilines is 1. The maximum Gasteiger partial charge on any atom is 0.325 e. The van der Waals surface area contributed by atoms with Crippen LogP contribution in [0.5, 0.6) is 0 Å². The van der Waals surface area contributed by atoms with Gasteiger partial charge in [-0.3, -0.25) is 18.9 Å². The molecule has 15 heteroatoms. The van der Waals surface area contributed by atoms with Gasteiger partial charge >= 0.3 is 6.72 Å². The summed E-state index contributed by atoms with van der Waals surface area (Å²) >= 11 is 12.1. The normalized spacial score (nSPS) is 30.5. The Hall–Kier alpha value is -1.54. The first-order chi connectivity index (χ1) is 14.7. The van der Waals surface area contributed by atoms with Crippen molar-refractivity contribution in [1.82, 2.24) is 19.5 Å². The van der Waals surface area contributed by atoms with Gasteiger partial charge in [0.05, 0.1) is 6.61 Å². The van der Waals surface area contributed by atoms with Crippen molar-refractivity contribution in [3.8, 4) is 0 Å². The molecule has 0 spiro atoms. The van der Waals surface area contributed by atoms with E-state index in [0.29, 0.717) is 10.2 Å². The molecule has 0 aliphatic carbocycles. The van der Waals surface area contributed by atoms with Crippen LogP contribution in [0, 0.1) is 0 Å². The lowest BCUT2D eigenvalue weighted by Gasteiger charge is -2.30. The second-order valence-electron chi connectivity index (χ2n) is 6.83. The molecule has 5 N–H and O–H groups in total. The zero-order chi connectivity index (χ0) is 21.9. The number of benzene rings is 1. The summed E-state index contributed by atoms with van der Waals surface area (Å²) in [6.07, 6.45) is -3.89. The monoisotopic (exact) mass is 503 g/mol. The molecule has 0 radical (unpaired) electrons. The Balaban J connectivity index is 1.62. The van der Waals surface area contributed by atoms with Gasteiger partial charge in [0, 0.05) is 9.92 Å². The van der Waals surface area contributed by atoms with Gasteiger partial charge in [0.15, 0.2) is 22.5 Å². The number of imidazole rings is 1. The molecule has 2 fully saturated rings. The average molecular weight is 504 g/mol. The molecular formula is C16H15ClN5O6PS2. The Morgan fingerprint density at radius 2 is 2.10 bits per heavy atom. The summed E-state index contributed by atoms with van der Waals surface area (Å²) in [4.78, 5) is 34.2. The molecule has 164 valence electrons. The van der Waals surface area contributed by atoms with Crippen LogP contribution >= 0.6 is 30.1 Å². The molecule has 2 aliphatic rings. The number of aliphatic hydroxyl groups is 1. The molecule has 5 unspecified atom stereocenters. The van der Waals surface area contributed by atoms with Gasteiger partial charge < -0.3 is 25.0 Å². The summed E-state index contributed by atoms with van der Waals surface area (Å²) in [7, 11) is 0. The number of nitrogens with zero attached hydrogens (tertiary/aromatic N) is 3. The number of fused-ring (bicyclic) bond motifs is 2. The van der Waals surface area contributed by atoms with Crippen molar-refractivity contribution in [3.63, 3.8) is 0 Å². The van der Waals surface area contributed by atoms with Gasteiger partial charge in [-0.2, -0.15) is 4.98 Å². The Morgan fingerprint density at radius 1 is 1.35 bits per heavy atom. The highest BCUT2D eigenvalue weighted by molar-refractivity contribution is 8.07. The first-order valence-corrected chi connectivity index (χ1v) is 12.7. The van der Waals surface area contributed by atoms with E-state index in [2.05, 4.69) is 15.0 Å². The first-order valence-electron chi connectivity index (χ1n) is 8.92. The zero-order valence-electron chi connectivity index (χ0n) is 15.4. The number of H-pyrrole nitrogens is 1. The van der Waals surface area contributed by atoms with Gasteiger partial charge in [-0.15, -0.1) is 0 Å². The summed E-state index contributed by atoms with van der Waals surface area (Å²) in [6.45, 7) is -3.52. The number of aromatic amines is 1. The van der Waals surface area contributed by atoms with Crippen LogP contribution in [0.1, 0.15) is 6.23 Å². The Kier molecular flexibility index (Phi) is 5.36. The van der Waals surface area contributed by atoms with Crippen LogP contribution < -0.4 is 11.3 Å². The van der Waals surface area contributed by atoms with Gasteiger partial charge in [0.2, 0.25) is 5.95 Å². The number of nitrogens with two attached hydrogens (primary N) is 1. The minimum absolute atomic E-state index is 0.0285. The second kappa shape index (κ2) is 7.80. The van der Waals surface area contributed by atoms with Crippen molar-refractivity contribution in [2.45, 2.75) is 34.6 Å². The Morgan fingerprint density at radius 3 is 2.84 bits per heavy atom. The van der Waals surface area contributed by atoms with Crippen LogP contribution in [-0.2, 0) is 25.6 Å². The number of aromatic nitrogens is 4. The summed E-state index contributed by atoms with van der Waals surface area (Å²) in [5.74, 6) is -0.114. The molecular weight excluding hydrogens is 489 g/mol. The van der Waals surface area contributed by atoms with Crippen molar-refractivity contribution >= 4 is 59.0 Å². The van der Waals surface area contributed by atoms with Crippen LogP contribution in [0.15, 0.2) is 39.1 Å². The van der Waals surface area contributed by atoms with E-state index >= 15 is 0 Å². The van der Waals surface area contributed by atoms with Crippen molar-refractivity contribution in [3.05, 3.63) is 39.6 Å². The predicted octanol–water partition coefficient (Wildman–Crippen LogP) is 1.40. The van der Waals surface area contributed by atoms with Crippen molar-refractivity contribution in [2.24, 2.45) is 0 Å². The molecule has 11 nitrogen and oxygen atoms in total. The number of hydrogen-bond acceptors (Lipinski definition) is 10. The van der Waals surface area contributed by atoms with Crippen molar-refractivity contribution < 1.29 is 23.8 Å². The van der Waals surface area contributed by atoms with Crippen molar-refractivity contribution in [1.29, 1.82) is 0 Å². The molecule has 5 atom stereocenters. The van der Waals surface area contributed by atoms with Crippen LogP contribution in [0.2, 0.25) is 5.02 Å². The number of rotatable bonds is 3. The number of hydrogen-bond donors (Lipinski definition) is 4. The third-order valence-electron chi connectivity index (χ3n) is 4.78. The second-order valence-corrected chi connectivity index (χ2v) is 11.1. The fourth-order valence-electron chi connectivity index (χ4n) is 3.44. The van der Waals surface area contributed by atoms with Gasteiger partial charge in [-0.05, 0) is 36.1 Å². The highest BCUT2D eigenvalue weighted by atomic mass is 35.5. The number of halogens is 1. The van der Waals surface area contributed by atoms with E-state index in [-0.39, 0.29) is 23.7 Å². The smallest absolute Gasteiger partial charge is 0.325 e. The molecule has 5 rings (SSSR count). The van der Waals surface area contributed by atoms with Crippen LogP contribution in [0.3, 0.4) is 0 Å². The molecule has 2 aliphatic heterocycles. The van der Waals surface area contributed by atoms with E-state index in [1.807, 2.05) is 0 Å². The molecule has 4 heterocycles. The molecule has 31 heavy (non-hydrogen) atoms. The standard InChI is InChI=1S/C16H15ClN5O6PS2/c17-6-1-3-7(4-2-6)31-16-19-9-12(20-15(18)21-13(9)24)22(16)14-10(23)11-8(27-14)5-26-29(25,30)28-11/h1-4,8,10-11,14,23H,5H2,(H,25,30)(H3,18,20,21,24). The molecule has 0 saturated carbocycles. The van der Waals surface area contributed by atoms with Gasteiger partial charge in [-0.1, -0.05) is 23.4 Å². The summed E-state index contributed by atoms with van der Waals surface area (Å²) in [5, 5.41) is 11.8. The van der Waals surface area contributed by atoms with Crippen LogP contribution in [0.25, 0.3) is 11.2 Å². The summed E-state index contributed by atoms with van der Waals surface area (Å²) in [5.41, 5.74) is 5.36. The summed E-state index contributed by atoms with van der Waals surface area (Å²) in [6, 6.07) is 7.00. The number of aliphatic hydroxyl groups excluding tert-OH is 1. The first kappa shape index (κ1) is 21.3. The highest BCUT2D eigenvalue weighted by Crippen LogP contribution is 2.53. The molecule has 0 amide bonds. The van der Waals surface area contributed by atoms with E-state index in [1.165, 1.54) is 16.3 Å². The van der Waals surface area contributed by atoms with E-state index < -0.39 is 36.8 Å². The SMILES string of the molecule is Nc1nc2c(nc(Sc3ccc(Cl)cc3)n2C2OC3COP(O)(=S)OC3C2O)c(=O)[nH]1. The fraction of sp³-hybridized carbons (Fsp3) is 0.312. The lowest BCUT2D eigenvalue weighted by atomic mass is 10.1. The lowest BCUT2D eigenvalue weighted by Crippen LogP contribution is -2.39. The third kappa shape index (κ3) is 3.90. The van der Waals surface area contributed by atoms with Gasteiger partial charge in [0.25, 0.3) is 5.56 Å². The Labute approximate surface area is 188 Å². The lowest BCUT2D eigenvalue weighted by molar-refractivity contribution is -0.0619. The fourth-order valence-corrected chi connectivity index (χ4v) is 5.92. The highest BCUT2D eigenvalue weighted by Gasteiger charge is 2.52. The molecule has 3 aromatic rings. The molecule has 0 bridgehead atoms. The molecule has 2 aromatic heterocycles. The van der Waals surface area contributed by atoms with Crippen LogP contribution in [0.4, 0.5) is 5.95 Å². The minimum Gasteiger partial charge on any atom is -0.386 e. The Bertz CT molecular complexity index is 1270. The van der Waals surface area contributed by atoms with Crippen molar-refractivity contribution in [2.75, 3.05) is 12.3 Å². The zero-order valence-corrected chi connectivity index (χ0v) is 18.7. The molecule has 2 saturated heterocycles. The largest absolute Gasteiger partial charge is 0.386 e. The van der Waals surface area contributed by atoms with E-state index in [9.17, 15) is 14.8 Å². The number of nitrogen functional groups attached to an aromatic ring is 1. The number of ether oxygens (including phenoxy) is 1. The maximum absolute atomic E-state index is 12.4. The van der Waals surface area contributed by atoms with E-state index in [1.54, 1.807) is 24.3 Å². The van der Waals surface area contributed by atoms with E-state index in [0.717, 1.165) is 4.90 Å². The topological polar surface area (TPSA) is 158 Å². The third-order valence-corrected chi connectivity index (χ3v) is 7.57. The predicted molar refractivity (Wildman–Crippen MR) is 115 cm³/mol. The minimum atomic E-state index is -3.47. The van der Waals surface area contributed by atoms with Gasteiger partial charge in [0.1, 0.15) is 18.3 Å². The average Bonchev–Trinajstić information content (AvgIpc) is 3.20. The maximum atomic E-state index is 12.4. The van der Waals surface area contributed by atoms with Crippen LogP contribution in [-0.4, -0.2) is 54.4 Å².